The molecule has 2 nitrogen and oxygen atoms in total. The van der Waals surface area contributed by atoms with E-state index in [0.29, 0.717) is 27.6 Å². The fourth-order valence-electron chi connectivity index (χ4n) is 3.96. The molecule has 0 N–H and O–H groups in total. The normalized spacial score (nSPS) is 24.7. The highest BCUT2D eigenvalue weighted by Crippen LogP contribution is 2.46. The molecular weight excluding hydrogens is 340 g/mol. The van der Waals surface area contributed by atoms with Crippen molar-refractivity contribution in [2.45, 2.75) is 116 Å². The molecule has 0 heterocycles. The first-order valence-electron chi connectivity index (χ1n) is 10.7. The van der Waals surface area contributed by atoms with Crippen LogP contribution in [-0.2, 0) is 9.53 Å². The van der Waals surface area contributed by atoms with Crippen LogP contribution in [0, 0.1) is 17.3 Å². The summed E-state index contributed by atoms with van der Waals surface area (Å²) in [6.07, 6.45) is 8.68. The summed E-state index contributed by atoms with van der Waals surface area (Å²) in [7, 11) is 1.81. The lowest BCUT2D eigenvalue weighted by molar-refractivity contribution is -0.124. The van der Waals surface area contributed by atoms with Crippen LogP contribution in [0.15, 0.2) is 0 Å². The van der Waals surface area contributed by atoms with Gasteiger partial charge in [-0.1, -0.05) is 41.0 Å². The topological polar surface area (TPSA) is 26.3 Å². The summed E-state index contributed by atoms with van der Waals surface area (Å²) in [5.74, 6) is 1.41. The summed E-state index contributed by atoms with van der Waals surface area (Å²) in [6.45, 7) is 15.9. The maximum absolute atomic E-state index is 12.9. The first-order chi connectivity index (χ1) is 12.0. The standard InChI is InChI=1S/C23H44O2S/c1-9-10-11-19(24)18-16-22(4,5)14-12-21(18)26-20(17(2)3)13-15-23(6,7)25-8/h17-18,20-21H,9-16H2,1-8H3. The molecule has 0 bridgehead atoms. The molecule has 0 aromatic heterocycles. The van der Waals surface area contributed by atoms with Crippen molar-refractivity contribution in [2.24, 2.45) is 17.3 Å². The van der Waals surface area contributed by atoms with Gasteiger partial charge in [-0.2, -0.15) is 11.8 Å². The molecular formula is C23H44O2S. The third-order valence-electron chi connectivity index (χ3n) is 6.19. The van der Waals surface area contributed by atoms with E-state index in [9.17, 15) is 4.79 Å². The van der Waals surface area contributed by atoms with Crippen molar-refractivity contribution in [1.82, 2.24) is 0 Å². The summed E-state index contributed by atoms with van der Waals surface area (Å²) in [5, 5.41) is 1.11. The number of Topliss-reactive ketones (excluding diaryl/α,β-unsaturated/α-hetero) is 1. The average molecular weight is 385 g/mol. The van der Waals surface area contributed by atoms with Crippen LogP contribution in [0.5, 0.6) is 0 Å². The molecule has 1 aliphatic carbocycles. The summed E-state index contributed by atoms with van der Waals surface area (Å²) < 4.78 is 5.63. The van der Waals surface area contributed by atoms with Crippen LogP contribution in [0.4, 0.5) is 0 Å². The van der Waals surface area contributed by atoms with Crippen LogP contribution >= 0.6 is 11.8 Å². The SMILES string of the molecule is CCCCC(=O)C1CC(C)(C)CCC1SC(CCC(C)(C)OC)C(C)C. The third-order valence-corrected chi connectivity index (χ3v) is 8.24. The van der Waals surface area contributed by atoms with Crippen molar-refractivity contribution >= 4 is 17.5 Å². The van der Waals surface area contributed by atoms with Crippen LogP contribution in [0.2, 0.25) is 0 Å². The summed E-state index contributed by atoms with van der Waals surface area (Å²) in [5.41, 5.74) is 0.258. The fraction of sp³-hybridized carbons (Fsp3) is 0.957. The minimum absolute atomic E-state index is 0.0569. The molecule has 1 saturated carbocycles. The maximum atomic E-state index is 12.9. The van der Waals surface area contributed by atoms with Gasteiger partial charge < -0.3 is 4.74 Å². The number of ether oxygens (including phenoxy) is 1. The molecule has 0 amide bonds. The Labute approximate surface area is 167 Å². The first-order valence-corrected chi connectivity index (χ1v) is 11.7. The molecule has 1 rings (SSSR count). The lowest BCUT2D eigenvalue weighted by Gasteiger charge is -2.41. The fourth-order valence-corrected chi connectivity index (χ4v) is 5.67. The highest BCUT2D eigenvalue weighted by atomic mass is 32.2. The number of thioether (sulfide) groups is 1. The Kier molecular flexibility index (Phi) is 9.70. The van der Waals surface area contributed by atoms with Gasteiger partial charge in [-0.3, -0.25) is 4.79 Å². The number of unbranched alkanes of at least 4 members (excludes halogenated alkanes) is 1. The van der Waals surface area contributed by atoms with Gasteiger partial charge in [-0.25, -0.2) is 0 Å². The van der Waals surface area contributed by atoms with E-state index in [1.807, 2.05) is 7.11 Å². The predicted octanol–water partition coefficient (Wildman–Crippen LogP) is 6.90. The third kappa shape index (κ3) is 7.92. The molecule has 1 aliphatic rings. The Hall–Kier alpha value is -0.0200. The molecule has 0 aromatic carbocycles. The highest BCUT2D eigenvalue weighted by Gasteiger charge is 2.40. The van der Waals surface area contributed by atoms with E-state index in [-0.39, 0.29) is 11.5 Å². The van der Waals surface area contributed by atoms with Gasteiger partial charge in [0, 0.05) is 29.9 Å². The van der Waals surface area contributed by atoms with Crippen LogP contribution in [0.25, 0.3) is 0 Å². The molecule has 3 unspecified atom stereocenters. The molecule has 0 radical (unpaired) electrons. The van der Waals surface area contributed by atoms with E-state index in [1.165, 1.54) is 19.3 Å². The molecule has 0 aromatic rings. The largest absolute Gasteiger partial charge is 0.379 e. The van der Waals surface area contributed by atoms with Gasteiger partial charge in [0.2, 0.25) is 0 Å². The Morgan fingerprint density at radius 2 is 1.96 bits per heavy atom. The monoisotopic (exact) mass is 384 g/mol. The van der Waals surface area contributed by atoms with Crippen molar-refractivity contribution in [3.8, 4) is 0 Å². The second-order valence-electron chi connectivity index (χ2n) is 10.0. The Morgan fingerprint density at radius 3 is 2.50 bits per heavy atom. The molecule has 154 valence electrons. The van der Waals surface area contributed by atoms with Gasteiger partial charge in [-0.15, -0.1) is 0 Å². The molecule has 3 atom stereocenters. The summed E-state index contributed by atoms with van der Waals surface area (Å²) in [4.78, 5) is 12.9. The van der Waals surface area contributed by atoms with E-state index >= 15 is 0 Å². The Balaban J connectivity index is 2.80. The second-order valence-corrected chi connectivity index (χ2v) is 11.5. The lowest BCUT2D eigenvalue weighted by atomic mass is 9.70. The van der Waals surface area contributed by atoms with E-state index < -0.39 is 0 Å². The van der Waals surface area contributed by atoms with Crippen LogP contribution in [-0.4, -0.2) is 29.0 Å². The number of methoxy groups -OCH3 is 1. The maximum Gasteiger partial charge on any atom is 0.137 e. The van der Waals surface area contributed by atoms with Crippen molar-refractivity contribution in [3.63, 3.8) is 0 Å². The van der Waals surface area contributed by atoms with Crippen molar-refractivity contribution in [3.05, 3.63) is 0 Å². The summed E-state index contributed by atoms with van der Waals surface area (Å²) >= 11 is 2.12. The van der Waals surface area contributed by atoms with Gasteiger partial charge in [0.05, 0.1) is 5.60 Å². The van der Waals surface area contributed by atoms with E-state index in [0.717, 1.165) is 32.1 Å². The second kappa shape index (κ2) is 10.5. The zero-order chi connectivity index (χ0) is 20.0. The van der Waals surface area contributed by atoms with Crippen molar-refractivity contribution in [1.29, 1.82) is 0 Å². The minimum atomic E-state index is -0.0569. The van der Waals surface area contributed by atoms with E-state index in [2.05, 4.69) is 60.2 Å². The molecule has 3 heteroatoms. The Morgan fingerprint density at radius 1 is 1.31 bits per heavy atom. The van der Waals surface area contributed by atoms with Crippen LogP contribution in [0.3, 0.4) is 0 Å². The quantitative estimate of drug-likeness (QED) is 0.387. The number of hydrogen-bond donors (Lipinski definition) is 0. The minimum Gasteiger partial charge on any atom is -0.379 e. The van der Waals surface area contributed by atoms with E-state index in [4.69, 9.17) is 4.74 Å². The van der Waals surface area contributed by atoms with Gasteiger partial charge in [0.1, 0.15) is 5.78 Å². The molecule has 0 spiro atoms. The zero-order valence-corrected chi connectivity index (χ0v) is 19.5. The van der Waals surface area contributed by atoms with Crippen LogP contribution < -0.4 is 0 Å². The zero-order valence-electron chi connectivity index (χ0n) is 18.7. The molecule has 0 saturated heterocycles. The molecule has 1 fully saturated rings. The van der Waals surface area contributed by atoms with Crippen molar-refractivity contribution in [2.75, 3.05) is 7.11 Å². The van der Waals surface area contributed by atoms with Crippen LogP contribution in [0.1, 0.15) is 99.8 Å². The number of rotatable bonds is 11. The number of ketones is 1. The lowest BCUT2D eigenvalue weighted by Crippen LogP contribution is -2.38. The highest BCUT2D eigenvalue weighted by molar-refractivity contribution is 8.00. The number of carbonyl (C=O) groups is 1. The smallest absolute Gasteiger partial charge is 0.137 e. The predicted molar refractivity (Wildman–Crippen MR) is 116 cm³/mol. The first kappa shape index (κ1) is 24.0. The van der Waals surface area contributed by atoms with Gasteiger partial charge in [0.15, 0.2) is 0 Å². The van der Waals surface area contributed by atoms with E-state index in [1.54, 1.807) is 0 Å². The van der Waals surface area contributed by atoms with Gasteiger partial charge in [-0.05, 0) is 63.7 Å². The average Bonchev–Trinajstić information content (AvgIpc) is 2.56. The molecule has 26 heavy (non-hydrogen) atoms. The van der Waals surface area contributed by atoms with Gasteiger partial charge in [0.25, 0.3) is 0 Å². The summed E-state index contributed by atoms with van der Waals surface area (Å²) in [6, 6.07) is 0. The Bertz CT molecular complexity index is 428. The molecule has 0 aliphatic heterocycles. The number of hydrogen-bond acceptors (Lipinski definition) is 3. The van der Waals surface area contributed by atoms with Gasteiger partial charge >= 0.3 is 0 Å². The number of carbonyl (C=O) groups excluding carboxylic acids is 1. The van der Waals surface area contributed by atoms with Crippen molar-refractivity contribution < 1.29 is 9.53 Å².